The smallest absolute Gasteiger partial charge is 0.238 e. The molecule has 2 N–H and O–H groups in total. The van der Waals surface area contributed by atoms with E-state index in [1.807, 2.05) is 26.0 Å². The lowest BCUT2D eigenvalue weighted by Crippen LogP contribution is -2.29. The summed E-state index contributed by atoms with van der Waals surface area (Å²) in [7, 11) is 0. The number of carbonyl (C=O) groups excluding carboxylic acids is 1. The average Bonchev–Trinajstić information content (AvgIpc) is 3.21. The summed E-state index contributed by atoms with van der Waals surface area (Å²) < 4.78 is 11.4. The Morgan fingerprint density at radius 2 is 2.23 bits per heavy atom. The quantitative estimate of drug-likeness (QED) is 0.812. The van der Waals surface area contributed by atoms with Gasteiger partial charge < -0.3 is 20.1 Å². The zero-order chi connectivity index (χ0) is 15.5. The van der Waals surface area contributed by atoms with E-state index < -0.39 is 0 Å². The van der Waals surface area contributed by atoms with Crippen molar-refractivity contribution < 1.29 is 14.3 Å². The number of amides is 1. The van der Waals surface area contributed by atoms with Gasteiger partial charge in [0.1, 0.15) is 17.6 Å². The molecule has 0 bridgehead atoms. The number of hydrogen-bond acceptors (Lipinski definition) is 4. The molecule has 1 fully saturated rings. The summed E-state index contributed by atoms with van der Waals surface area (Å²) in [5.74, 6) is 2.28. The average molecular weight is 304 g/mol. The molecule has 1 saturated carbocycles. The summed E-state index contributed by atoms with van der Waals surface area (Å²) in [6, 6.07) is 3.86. The molecule has 1 amide bonds. The second-order valence-corrected chi connectivity index (χ2v) is 6.14. The number of anilines is 1. The molecule has 1 aromatic carbocycles. The maximum absolute atomic E-state index is 12.1. The van der Waals surface area contributed by atoms with E-state index in [9.17, 15) is 4.79 Å². The second-order valence-electron chi connectivity index (χ2n) is 6.14. The van der Waals surface area contributed by atoms with Crippen molar-refractivity contribution in [3.63, 3.8) is 0 Å². The number of fused-ring (bicyclic) bond motifs is 1. The van der Waals surface area contributed by atoms with E-state index in [0.717, 1.165) is 35.9 Å². The van der Waals surface area contributed by atoms with Crippen LogP contribution in [0.4, 0.5) is 5.69 Å². The highest BCUT2D eigenvalue weighted by atomic mass is 16.5. The normalized spacial score (nSPS) is 19.5. The first-order valence-electron chi connectivity index (χ1n) is 8.12. The molecule has 1 heterocycles. The fourth-order valence-electron chi connectivity index (χ4n) is 2.72. The fourth-order valence-corrected chi connectivity index (χ4v) is 2.72. The molecule has 22 heavy (non-hydrogen) atoms. The largest absolute Gasteiger partial charge is 0.492 e. The Hall–Kier alpha value is -1.75. The van der Waals surface area contributed by atoms with Crippen molar-refractivity contribution in [2.45, 2.75) is 39.2 Å². The minimum Gasteiger partial charge on any atom is -0.492 e. The predicted molar refractivity (Wildman–Crippen MR) is 85.6 cm³/mol. The highest BCUT2D eigenvalue weighted by molar-refractivity contribution is 5.94. The topological polar surface area (TPSA) is 59.6 Å². The Morgan fingerprint density at radius 1 is 1.41 bits per heavy atom. The first-order valence-corrected chi connectivity index (χ1v) is 8.12. The number of rotatable bonds is 7. The van der Waals surface area contributed by atoms with Crippen LogP contribution >= 0.6 is 0 Å². The highest BCUT2D eigenvalue weighted by Crippen LogP contribution is 2.38. The summed E-state index contributed by atoms with van der Waals surface area (Å²) in [4.78, 5) is 12.1. The Bertz CT molecular complexity index is 555. The van der Waals surface area contributed by atoms with Crippen molar-refractivity contribution in [3.8, 4) is 11.5 Å². The van der Waals surface area contributed by atoms with Crippen molar-refractivity contribution in [1.82, 2.24) is 5.32 Å². The van der Waals surface area contributed by atoms with E-state index in [0.29, 0.717) is 18.8 Å². The summed E-state index contributed by atoms with van der Waals surface area (Å²) in [5, 5.41) is 6.12. The molecule has 5 heteroatoms. The van der Waals surface area contributed by atoms with Crippen molar-refractivity contribution in [2.75, 3.05) is 25.0 Å². The van der Waals surface area contributed by atoms with Crippen LogP contribution in [-0.2, 0) is 11.2 Å². The Morgan fingerprint density at radius 3 is 2.95 bits per heavy atom. The fraction of sp³-hybridized carbons (Fsp3) is 0.588. The lowest BCUT2D eigenvalue weighted by atomic mass is 10.1. The van der Waals surface area contributed by atoms with E-state index in [1.54, 1.807) is 0 Å². The molecular weight excluding hydrogens is 280 g/mol. The van der Waals surface area contributed by atoms with Crippen LogP contribution in [0.2, 0.25) is 0 Å². The van der Waals surface area contributed by atoms with Gasteiger partial charge in [-0.15, -0.1) is 0 Å². The van der Waals surface area contributed by atoms with Crippen LogP contribution in [0.25, 0.3) is 0 Å². The molecule has 3 rings (SSSR count). The molecule has 0 radical (unpaired) electrons. The summed E-state index contributed by atoms with van der Waals surface area (Å²) in [6.45, 7) is 5.81. The van der Waals surface area contributed by atoms with Gasteiger partial charge in [-0.25, -0.2) is 0 Å². The van der Waals surface area contributed by atoms with E-state index >= 15 is 0 Å². The van der Waals surface area contributed by atoms with Crippen LogP contribution in [0.15, 0.2) is 12.1 Å². The van der Waals surface area contributed by atoms with Crippen LogP contribution < -0.4 is 20.1 Å². The van der Waals surface area contributed by atoms with Crippen molar-refractivity contribution in [2.24, 2.45) is 5.92 Å². The zero-order valence-corrected chi connectivity index (χ0v) is 13.3. The standard InChI is InChI=1S/C17H24N2O3/c1-3-21-16-7-13-6-11(2)22-15(13)8-14(16)19-17(20)10-18-9-12-4-5-12/h7-8,11-12,18H,3-6,9-10H2,1-2H3,(H,19,20). The van der Waals surface area contributed by atoms with Crippen molar-refractivity contribution in [1.29, 1.82) is 0 Å². The summed E-state index contributed by atoms with van der Waals surface area (Å²) >= 11 is 0. The zero-order valence-electron chi connectivity index (χ0n) is 13.3. The molecule has 5 nitrogen and oxygen atoms in total. The van der Waals surface area contributed by atoms with Gasteiger partial charge in [-0.3, -0.25) is 4.79 Å². The maximum Gasteiger partial charge on any atom is 0.238 e. The highest BCUT2D eigenvalue weighted by Gasteiger charge is 2.23. The molecular formula is C17H24N2O3. The lowest BCUT2D eigenvalue weighted by molar-refractivity contribution is -0.115. The monoisotopic (exact) mass is 304 g/mol. The van der Waals surface area contributed by atoms with E-state index in [1.165, 1.54) is 12.8 Å². The SMILES string of the molecule is CCOc1cc2c(cc1NC(=O)CNCC1CC1)OC(C)C2. The van der Waals surface area contributed by atoms with E-state index in [-0.39, 0.29) is 12.0 Å². The van der Waals surface area contributed by atoms with Crippen LogP contribution in [-0.4, -0.2) is 31.7 Å². The van der Waals surface area contributed by atoms with E-state index in [4.69, 9.17) is 9.47 Å². The molecule has 2 aliphatic rings. The van der Waals surface area contributed by atoms with Gasteiger partial charge in [-0.1, -0.05) is 0 Å². The van der Waals surface area contributed by atoms with Crippen LogP contribution in [0.3, 0.4) is 0 Å². The van der Waals surface area contributed by atoms with Gasteiger partial charge >= 0.3 is 0 Å². The third-order valence-electron chi connectivity index (χ3n) is 3.99. The molecule has 1 aromatic rings. The summed E-state index contributed by atoms with van der Waals surface area (Å²) in [5.41, 5.74) is 1.83. The molecule has 0 spiro atoms. The van der Waals surface area contributed by atoms with Crippen molar-refractivity contribution >= 4 is 11.6 Å². The maximum atomic E-state index is 12.1. The van der Waals surface area contributed by atoms with Crippen LogP contribution in [0.5, 0.6) is 11.5 Å². The molecule has 1 unspecified atom stereocenters. The van der Waals surface area contributed by atoms with Gasteiger partial charge in [0, 0.05) is 18.1 Å². The minimum atomic E-state index is -0.0485. The number of nitrogens with one attached hydrogen (secondary N) is 2. The molecule has 120 valence electrons. The number of carbonyl (C=O) groups is 1. The molecule has 1 atom stereocenters. The molecule has 1 aliphatic carbocycles. The van der Waals surface area contributed by atoms with Crippen LogP contribution in [0, 0.1) is 5.92 Å². The van der Waals surface area contributed by atoms with E-state index in [2.05, 4.69) is 10.6 Å². The minimum absolute atomic E-state index is 0.0485. The van der Waals surface area contributed by atoms with Gasteiger partial charge in [0.05, 0.1) is 18.8 Å². The predicted octanol–water partition coefficient (Wildman–Crippen LogP) is 2.35. The van der Waals surface area contributed by atoms with Gasteiger partial charge in [0.15, 0.2) is 0 Å². The van der Waals surface area contributed by atoms with Gasteiger partial charge in [0.2, 0.25) is 5.91 Å². The first-order chi connectivity index (χ1) is 10.7. The van der Waals surface area contributed by atoms with Crippen LogP contribution in [0.1, 0.15) is 32.3 Å². The second kappa shape index (κ2) is 6.57. The lowest BCUT2D eigenvalue weighted by Gasteiger charge is -2.14. The third kappa shape index (κ3) is 3.71. The molecule has 0 saturated heterocycles. The Balaban J connectivity index is 1.65. The van der Waals surface area contributed by atoms with Crippen molar-refractivity contribution in [3.05, 3.63) is 17.7 Å². The number of hydrogen-bond donors (Lipinski definition) is 2. The van der Waals surface area contributed by atoms with Gasteiger partial charge in [-0.2, -0.15) is 0 Å². The summed E-state index contributed by atoms with van der Waals surface area (Å²) in [6.07, 6.45) is 3.62. The number of ether oxygens (including phenoxy) is 2. The van der Waals surface area contributed by atoms with Gasteiger partial charge in [0.25, 0.3) is 0 Å². The Labute approximate surface area is 131 Å². The first kappa shape index (κ1) is 15.2. The van der Waals surface area contributed by atoms with Gasteiger partial charge in [-0.05, 0) is 45.2 Å². The molecule has 0 aromatic heterocycles. The molecule has 1 aliphatic heterocycles. The number of benzene rings is 1. The Kier molecular flexibility index (Phi) is 4.52. The third-order valence-corrected chi connectivity index (χ3v) is 3.99.